The fourth-order valence-corrected chi connectivity index (χ4v) is 2.80. The molecular weight excluding hydrogens is 252 g/mol. The van der Waals surface area contributed by atoms with E-state index < -0.39 is 0 Å². The van der Waals surface area contributed by atoms with Crippen molar-refractivity contribution in [2.45, 2.75) is 19.8 Å². The van der Waals surface area contributed by atoms with Crippen LogP contribution in [0.4, 0.5) is 5.69 Å². The van der Waals surface area contributed by atoms with Gasteiger partial charge in [0.2, 0.25) is 0 Å². The molecule has 0 saturated carbocycles. The number of piperidine rings is 1. The van der Waals surface area contributed by atoms with Gasteiger partial charge in [-0.15, -0.1) is 0 Å². The summed E-state index contributed by atoms with van der Waals surface area (Å²) >= 11 is 0. The number of benzene rings is 1. The number of likely N-dealkylation sites (tertiary alicyclic amines) is 1. The van der Waals surface area contributed by atoms with E-state index in [2.05, 4.69) is 23.2 Å². The standard InChI is InChI=1S/C16H24N2O2/c1-13-4-7-18(8-5-13)9-6-17-14-2-3-15-16(12-14)20-11-10-19-15/h2-3,12-13,17H,4-11H2,1H3. The zero-order valence-corrected chi connectivity index (χ0v) is 12.2. The largest absolute Gasteiger partial charge is 0.486 e. The molecule has 3 rings (SSSR count). The van der Waals surface area contributed by atoms with Crippen LogP contribution in [0.1, 0.15) is 19.8 Å². The van der Waals surface area contributed by atoms with Crippen LogP contribution < -0.4 is 14.8 Å². The first-order valence-electron chi connectivity index (χ1n) is 7.67. The molecule has 1 fully saturated rings. The molecule has 2 aliphatic rings. The molecule has 20 heavy (non-hydrogen) atoms. The minimum absolute atomic E-state index is 0.641. The summed E-state index contributed by atoms with van der Waals surface area (Å²) in [6.45, 7) is 8.21. The van der Waals surface area contributed by atoms with Crippen molar-refractivity contribution < 1.29 is 9.47 Å². The van der Waals surface area contributed by atoms with Crippen LogP contribution in [0, 0.1) is 5.92 Å². The van der Waals surface area contributed by atoms with Crippen LogP contribution >= 0.6 is 0 Å². The molecule has 0 bridgehead atoms. The maximum Gasteiger partial charge on any atom is 0.163 e. The molecular formula is C16H24N2O2. The average molecular weight is 276 g/mol. The normalized spacial score (nSPS) is 19.9. The first kappa shape index (κ1) is 13.6. The molecule has 4 heteroatoms. The average Bonchev–Trinajstić information content (AvgIpc) is 2.49. The Bertz CT molecular complexity index is 442. The third-order valence-corrected chi connectivity index (χ3v) is 4.18. The fraction of sp³-hybridized carbons (Fsp3) is 0.625. The van der Waals surface area contributed by atoms with Gasteiger partial charge in [0, 0.05) is 24.8 Å². The molecule has 1 aromatic carbocycles. The third-order valence-electron chi connectivity index (χ3n) is 4.18. The molecule has 4 nitrogen and oxygen atoms in total. The van der Waals surface area contributed by atoms with Crippen LogP contribution in [0.15, 0.2) is 18.2 Å². The van der Waals surface area contributed by atoms with Crippen molar-refractivity contribution in [3.05, 3.63) is 18.2 Å². The van der Waals surface area contributed by atoms with Crippen molar-refractivity contribution in [2.24, 2.45) is 5.92 Å². The zero-order chi connectivity index (χ0) is 13.8. The minimum Gasteiger partial charge on any atom is -0.486 e. The number of nitrogens with one attached hydrogen (secondary N) is 1. The van der Waals surface area contributed by atoms with E-state index >= 15 is 0 Å². The summed E-state index contributed by atoms with van der Waals surface area (Å²) in [6.07, 6.45) is 2.67. The number of fused-ring (bicyclic) bond motifs is 1. The van der Waals surface area contributed by atoms with E-state index in [4.69, 9.17) is 9.47 Å². The lowest BCUT2D eigenvalue weighted by molar-refractivity contribution is 0.171. The van der Waals surface area contributed by atoms with Gasteiger partial charge in [-0.2, -0.15) is 0 Å². The van der Waals surface area contributed by atoms with E-state index in [1.807, 2.05) is 12.1 Å². The first-order valence-corrected chi connectivity index (χ1v) is 7.67. The van der Waals surface area contributed by atoms with Gasteiger partial charge in [0.25, 0.3) is 0 Å². The molecule has 0 spiro atoms. The second-order valence-electron chi connectivity index (χ2n) is 5.81. The summed E-state index contributed by atoms with van der Waals surface area (Å²) in [5.74, 6) is 2.61. The lowest BCUT2D eigenvalue weighted by Crippen LogP contribution is -2.36. The van der Waals surface area contributed by atoms with Crippen LogP contribution in [-0.4, -0.2) is 44.3 Å². The number of rotatable bonds is 4. The molecule has 0 atom stereocenters. The van der Waals surface area contributed by atoms with Crippen molar-refractivity contribution >= 4 is 5.69 Å². The monoisotopic (exact) mass is 276 g/mol. The second kappa shape index (κ2) is 6.35. The Morgan fingerprint density at radius 3 is 2.70 bits per heavy atom. The van der Waals surface area contributed by atoms with Gasteiger partial charge in [0.15, 0.2) is 11.5 Å². The molecule has 2 aliphatic heterocycles. The summed E-state index contributed by atoms with van der Waals surface area (Å²) in [5, 5.41) is 3.48. The second-order valence-corrected chi connectivity index (χ2v) is 5.81. The molecule has 1 N–H and O–H groups in total. The summed E-state index contributed by atoms with van der Waals surface area (Å²) in [6, 6.07) is 6.08. The fourth-order valence-electron chi connectivity index (χ4n) is 2.80. The van der Waals surface area contributed by atoms with Crippen LogP contribution in [0.3, 0.4) is 0 Å². The highest BCUT2D eigenvalue weighted by molar-refractivity contribution is 5.55. The highest BCUT2D eigenvalue weighted by Gasteiger charge is 2.15. The van der Waals surface area contributed by atoms with Crippen molar-refractivity contribution in [2.75, 3.05) is 44.7 Å². The Kier molecular flexibility index (Phi) is 4.31. The third kappa shape index (κ3) is 3.37. The molecule has 2 heterocycles. The van der Waals surface area contributed by atoms with Gasteiger partial charge >= 0.3 is 0 Å². The molecule has 0 amide bonds. The van der Waals surface area contributed by atoms with Crippen molar-refractivity contribution in [3.63, 3.8) is 0 Å². The quantitative estimate of drug-likeness (QED) is 0.916. The van der Waals surface area contributed by atoms with E-state index in [1.54, 1.807) is 0 Å². The van der Waals surface area contributed by atoms with Gasteiger partial charge in [0.1, 0.15) is 13.2 Å². The first-order chi connectivity index (χ1) is 9.81. The number of hydrogen-bond acceptors (Lipinski definition) is 4. The number of hydrogen-bond donors (Lipinski definition) is 1. The van der Waals surface area contributed by atoms with Crippen LogP contribution in [0.5, 0.6) is 11.5 Å². The van der Waals surface area contributed by atoms with Crippen molar-refractivity contribution in [3.8, 4) is 11.5 Å². The van der Waals surface area contributed by atoms with Gasteiger partial charge in [-0.25, -0.2) is 0 Å². The Morgan fingerprint density at radius 2 is 1.90 bits per heavy atom. The summed E-state index contributed by atoms with van der Waals surface area (Å²) in [5.41, 5.74) is 1.11. The maximum absolute atomic E-state index is 5.60. The van der Waals surface area contributed by atoms with Gasteiger partial charge in [-0.05, 0) is 44.0 Å². The number of anilines is 1. The lowest BCUT2D eigenvalue weighted by Gasteiger charge is -2.30. The number of nitrogens with zero attached hydrogens (tertiary/aromatic N) is 1. The van der Waals surface area contributed by atoms with Gasteiger partial charge in [-0.3, -0.25) is 0 Å². The van der Waals surface area contributed by atoms with E-state index in [-0.39, 0.29) is 0 Å². The van der Waals surface area contributed by atoms with Gasteiger partial charge in [-0.1, -0.05) is 6.92 Å². The van der Waals surface area contributed by atoms with Gasteiger partial charge < -0.3 is 19.7 Å². The molecule has 0 aliphatic carbocycles. The summed E-state index contributed by atoms with van der Waals surface area (Å²) in [4.78, 5) is 2.55. The van der Waals surface area contributed by atoms with Crippen LogP contribution in [0.2, 0.25) is 0 Å². The van der Waals surface area contributed by atoms with Crippen molar-refractivity contribution in [1.29, 1.82) is 0 Å². The highest BCUT2D eigenvalue weighted by atomic mass is 16.6. The predicted molar refractivity (Wildman–Crippen MR) is 80.8 cm³/mol. The van der Waals surface area contributed by atoms with Crippen molar-refractivity contribution in [1.82, 2.24) is 4.90 Å². The smallest absolute Gasteiger partial charge is 0.163 e. The van der Waals surface area contributed by atoms with E-state index in [1.165, 1.54) is 25.9 Å². The van der Waals surface area contributed by atoms with Crippen LogP contribution in [0.25, 0.3) is 0 Å². The molecule has 0 aromatic heterocycles. The lowest BCUT2D eigenvalue weighted by atomic mass is 9.99. The molecule has 0 unspecified atom stereocenters. The molecule has 0 radical (unpaired) electrons. The summed E-state index contributed by atoms with van der Waals surface area (Å²) in [7, 11) is 0. The Hall–Kier alpha value is -1.42. The van der Waals surface area contributed by atoms with E-state index in [9.17, 15) is 0 Å². The van der Waals surface area contributed by atoms with Gasteiger partial charge in [0.05, 0.1) is 0 Å². The Balaban J connectivity index is 1.46. The SMILES string of the molecule is CC1CCN(CCNc2ccc3c(c2)OCCO3)CC1. The number of ether oxygens (including phenoxy) is 2. The minimum atomic E-state index is 0.641. The molecule has 1 saturated heterocycles. The highest BCUT2D eigenvalue weighted by Crippen LogP contribution is 2.32. The Morgan fingerprint density at radius 1 is 1.15 bits per heavy atom. The molecule has 110 valence electrons. The topological polar surface area (TPSA) is 33.7 Å². The predicted octanol–water partition coefficient (Wildman–Crippen LogP) is 2.60. The van der Waals surface area contributed by atoms with E-state index in [0.717, 1.165) is 36.2 Å². The summed E-state index contributed by atoms with van der Waals surface area (Å²) < 4.78 is 11.1. The molecule has 1 aromatic rings. The van der Waals surface area contributed by atoms with Crippen LogP contribution in [-0.2, 0) is 0 Å². The van der Waals surface area contributed by atoms with E-state index in [0.29, 0.717) is 13.2 Å². The Labute approximate surface area is 121 Å². The zero-order valence-electron chi connectivity index (χ0n) is 12.2. The maximum atomic E-state index is 5.60.